The second-order valence-electron chi connectivity index (χ2n) is 10.6. The van der Waals surface area contributed by atoms with Crippen LogP contribution in [0.5, 0.6) is 0 Å². The maximum atomic E-state index is 12.1. The number of aryl methyl sites for hydroxylation is 1. The van der Waals surface area contributed by atoms with E-state index in [1.54, 1.807) is 0 Å². The fourth-order valence-electron chi connectivity index (χ4n) is 4.63. The van der Waals surface area contributed by atoms with E-state index in [0.29, 0.717) is 5.92 Å². The maximum absolute atomic E-state index is 12.1. The number of hydrogen-bond acceptors (Lipinski definition) is 3. The number of imidazole rings is 1. The standard InChI is InChI=1S/C28H30BrN3O2/c1-27(2,3)34-26(33)32-28(4)16-21(28)9-12-25-30-23-11-8-20(15-24(23)31-25)17-5-6-19-14-22(29)10-7-18(19)13-17/h5-8,10-11,13-15,21H,9,12,16H2,1-4H3,(H,30,31)(H,32,33)/t21-,28?/m0/s1. The second kappa shape index (κ2) is 8.42. The Morgan fingerprint density at radius 3 is 2.62 bits per heavy atom. The van der Waals surface area contributed by atoms with Gasteiger partial charge in [0.25, 0.3) is 0 Å². The average molecular weight is 520 g/mol. The average Bonchev–Trinajstić information content (AvgIpc) is 3.20. The molecule has 2 N–H and O–H groups in total. The Bertz CT molecular complexity index is 1390. The molecule has 1 heterocycles. The van der Waals surface area contributed by atoms with Crippen LogP contribution in [-0.2, 0) is 11.2 Å². The molecular formula is C28H30BrN3O2. The smallest absolute Gasteiger partial charge is 0.408 e. The number of fused-ring (bicyclic) bond motifs is 2. The van der Waals surface area contributed by atoms with Crippen LogP contribution in [0.25, 0.3) is 32.9 Å². The first kappa shape index (κ1) is 22.9. The molecule has 0 aliphatic heterocycles. The van der Waals surface area contributed by atoms with Gasteiger partial charge in [-0.15, -0.1) is 0 Å². The van der Waals surface area contributed by atoms with E-state index in [0.717, 1.165) is 40.6 Å². The molecule has 0 saturated heterocycles. The molecule has 0 bridgehead atoms. The number of amides is 1. The largest absolute Gasteiger partial charge is 0.444 e. The zero-order chi connectivity index (χ0) is 24.1. The van der Waals surface area contributed by atoms with Gasteiger partial charge in [-0.3, -0.25) is 0 Å². The van der Waals surface area contributed by atoms with E-state index in [-0.39, 0.29) is 11.6 Å². The molecule has 1 amide bonds. The number of H-pyrrole nitrogens is 1. The number of alkyl carbamates (subject to hydrolysis) is 1. The Morgan fingerprint density at radius 1 is 1.12 bits per heavy atom. The van der Waals surface area contributed by atoms with Gasteiger partial charge in [0.2, 0.25) is 0 Å². The highest BCUT2D eigenvalue weighted by molar-refractivity contribution is 9.10. The van der Waals surface area contributed by atoms with Crippen LogP contribution in [0.3, 0.4) is 0 Å². The van der Waals surface area contributed by atoms with Gasteiger partial charge in [0.1, 0.15) is 11.4 Å². The number of ether oxygens (including phenoxy) is 1. The summed E-state index contributed by atoms with van der Waals surface area (Å²) in [6.07, 6.45) is 2.45. The van der Waals surface area contributed by atoms with E-state index in [4.69, 9.17) is 9.72 Å². The van der Waals surface area contributed by atoms with E-state index in [1.807, 2.05) is 20.8 Å². The molecule has 1 aromatic heterocycles. The van der Waals surface area contributed by atoms with Gasteiger partial charge in [-0.05, 0) is 98.7 Å². The zero-order valence-corrected chi connectivity index (χ0v) is 21.6. The zero-order valence-electron chi connectivity index (χ0n) is 20.0. The third-order valence-corrected chi connectivity index (χ3v) is 7.09. The van der Waals surface area contributed by atoms with Crippen LogP contribution in [0.2, 0.25) is 0 Å². The minimum absolute atomic E-state index is 0.187. The van der Waals surface area contributed by atoms with Crippen molar-refractivity contribution in [2.75, 3.05) is 0 Å². The van der Waals surface area contributed by atoms with Gasteiger partial charge >= 0.3 is 6.09 Å². The molecule has 176 valence electrons. The molecule has 1 aliphatic rings. The lowest BCUT2D eigenvalue weighted by Crippen LogP contribution is -2.40. The van der Waals surface area contributed by atoms with Crippen LogP contribution in [0.15, 0.2) is 59.1 Å². The number of aromatic nitrogens is 2. The van der Waals surface area contributed by atoms with Crippen molar-refractivity contribution in [3.63, 3.8) is 0 Å². The molecule has 0 radical (unpaired) electrons. The van der Waals surface area contributed by atoms with E-state index < -0.39 is 5.60 Å². The first-order chi connectivity index (χ1) is 16.1. The van der Waals surface area contributed by atoms with Gasteiger partial charge in [-0.25, -0.2) is 9.78 Å². The van der Waals surface area contributed by atoms with Crippen LogP contribution >= 0.6 is 15.9 Å². The number of nitrogens with zero attached hydrogens (tertiary/aromatic N) is 1. The van der Waals surface area contributed by atoms with Gasteiger partial charge in [-0.1, -0.05) is 40.2 Å². The molecule has 34 heavy (non-hydrogen) atoms. The molecule has 2 atom stereocenters. The topological polar surface area (TPSA) is 67.0 Å². The fourth-order valence-corrected chi connectivity index (χ4v) is 5.01. The summed E-state index contributed by atoms with van der Waals surface area (Å²) in [5, 5.41) is 5.49. The Balaban J connectivity index is 1.25. The molecule has 1 saturated carbocycles. The molecule has 1 unspecified atom stereocenters. The highest BCUT2D eigenvalue weighted by Gasteiger charge is 2.51. The van der Waals surface area contributed by atoms with Crippen LogP contribution in [0.4, 0.5) is 4.79 Å². The van der Waals surface area contributed by atoms with E-state index >= 15 is 0 Å². The molecule has 3 aromatic carbocycles. The molecule has 1 aliphatic carbocycles. The molecule has 5 nitrogen and oxygen atoms in total. The summed E-state index contributed by atoms with van der Waals surface area (Å²) in [6, 6.07) is 19.3. The van der Waals surface area contributed by atoms with E-state index in [2.05, 4.69) is 87.8 Å². The van der Waals surface area contributed by atoms with Crippen molar-refractivity contribution in [1.82, 2.24) is 15.3 Å². The monoisotopic (exact) mass is 519 g/mol. The van der Waals surface area contributed by atoms with Crippen LogP contribution in [0.1, 0.15) is 46.4 Å². The second-order valence-corrected chi connectivity index (χ2v) is 11.5. The highest BCUT2D eigenvalue weighted by Crippen LogP contribution is 2.46. The summed E-state index contributed by atoms with van der Waals surface area (Å²) in [6.45, 7) is 7.73. The Hall–Kier alpha value is -2.86. The molecule has 5 rings (SSSR count). The number of halogens is 1. The number of rotatable bonds is 5. The Kier molecular flexibility index (Phi) is 5.67. The lowest BCUT2D eigenvalue weighted by atomic mass is 10.0. The quantitative estimate of drug-likeness (QED) is 0.289. The molecule has 4 aromatic rings. The molecular weight excluding hydrogens is 490 g/mol. The minimum atomic E-state index is -0.484. The fraction of sp³-hybridized carbons (Fsp3) is 0.357. The summed E-state index contributed by atoms with van der Waals surface area (Å²) < 4.78 is 6.50. The van der Waals surface area contributed by atoms with Gasteiger partial charge in [0.15, 0.2) is 0 Å². The molecule has 6 heteroatoms. The van der Waals surface area contributed by atoms with Crippen molar-refractivity contribution < 1.29 is 9.53 Å². The number of benzene rings is 3. The number of hydrogen-bond donors (Lipinski definition) is 2. The van der Waals surface area contributed by atoms with Crippen LogP contribution < -0.4 is 5.32 Å². The third kappa shape index (κ3) is 4.97. The first-order valence-electron chi connectivity index (χ1n) is 11.8. The van der Waals surface area contributed by atoms with Crippen molar-refractivity contribution in [2.45, 2.75) is 58.1 Å². The van der Waals surface area contributed by atoms with Gasteiger partial charge in [0.05, 0.1) is 11.0 Å². The van der Waals surface area contributed by atoms with Crippen molar-refractivity contribution in [3.05, 3.63) is 64.9 Å². The summed E-state index contributed by atoms with van der Waals surface area (Å²) in [7, 11) is 0. The van der Waals surface area contributed by atoms with E-state index in [9.17, 15) is 4.79 Å². The number of carbonyl (C=O) groups is 1. The van der Waals surface area contributed by atoms with Gasteiger partial charge < -0.3 is 15.0 Å². The lowest BCUT2D eigenvalue weighted by Gasteiger charge is -2.22. The van der Waals surface area contributed by atoms with Crippen LogP contribution in [-0.4, -0.2) is 27.2 Å². The Morgan fingerprint density at radius 2 is 1.82 bits per heavy atom. The van der Waals surface area contributed by atoms with Gasteiger partial charge in [0, 0.05) is 16.4 Å². The SMILES string of the molecule is CC(C)(C)OC(=O)NC1(C)C[C@@H]1CCc1nc2ccc(-c3ccc4cc(Br)ccc4c3)cc2[nH]1. The highest BCUT2D eigenvalue weighted by atomic mass is 79.9. The lowest BCUT2D eigenvalue weighted by molar-refractivity contribution is 0.0496. The van der Waals surface area contributed by atoms with Gasteiger partial charge in [-0.2, -0.15) is 0 Å². The first-order valence-corrected chi connectivity index (χ1v) is 12.6. The summed E-state index contributed by atoms with van der Waals surface area (Å²) in [5.74, 6) is 1.42. The summed E-state index contributed by atoms with van der Waals surface area (Å²) in [5.41, 5.74) is 3.72. The minimum Gasteiger partial charge on any atom is -0.444 e. The summed E-state index contributed by atoms with van der Waals surface area (Å²) >= 11 is 3.54. The predicted molar refractivity (Wildman–Crippen MR) is 141 cm³/mol. The molecule has 0 spiro atoms. The summed E-state index contributed by atoms with van der Waals surface area (Å²) in [4.78, 5) is 20.4. The number of carbonyl (C=O) groups excluding carboxylic acids is 1. The third-order valence-electron chi connectivity index (χ3n) is 6.59. The number of aromatic amines is 1. The number of nitrogens with one attached hydrogen (secondary N) is 2. The van der Waals surface area contributed by atoms with Crippen LogP contribution in [0, 0.1) is 5.92 Å². The van der Waals surface area contributed by atoms with Crippen molar-refractivity contribution >= 4 is 43.8 Å². The van der Waals surface area contributed by atoms with Crippen molar-refractivity contribution in [3.8, 4) is 11.1 Å². The van der Waals surface area contributed by atoms with Crippen molar-refractivity contribution in [1.29, 1.82) is 0 Å². The normalized spacial score (nSPS) is 20.0. The van der Waals surface area contributed by atoms with Crippen molar-refractivity contribution in [2.24, 2.45) is 5.92 Å². The van der Waals surface area contributed by atoms with E-state index in [1.165, 1.54) is 21.9 Å². The molecule has 1 fully saturated rings. The predicted octanol–water partition coefficient (Wildman–Crippen LogP) is 7.38. The Labute approximate surface area is 208 Å². The maximum Gasteiger partial charge on any atom is 0.408 e.